The van der Waals surface area contributed by atoms with Crippen LogP contribution in [0, 0.1) is 0 Å². The zero-order chi connectivity index (χ0) is 14.8. The number of benzene rings is 1. The first kappa shape index (κ1) is 19.7. The molecule has 118 valence electrons. The van der Waals surface area contributed by atoms with Gasteiger partial charge in [-0.2, -0.15) is 0 Å². The lowest BCUT2D eigenvalue weighted by Gasteiger charge is -2.07. The van der Waals surface area contributed by atoms with Gasteiger partial charge < -0.3 is 21.1 Å². The Hall–Kier alpha value is -1.31. The number of rotatable bonds is 7. The molecule has 4 N–H and O–H groups in total. The number of guanidine groups is 1. The van der Waals surface area contributed by atoms with Crippen LogP contribution < -0.4 is 16.4 Å². The molecule has 0 aliphatic rings. The van der Waals surface area contributed by atoms with Crippen molar-refractivity contribution in [3.8, 4) is 0 Å². The van der Waals surface area contributed by atoms with Crippen molar-refractivity contribution in [1.82, 2.24) is 10.6 Å². The van der Waals surface area contributed by atoms with Crippen LogP contribution in [0.5, 0.6) is 0 Å². The van der Waals surface area contributed by atoms with E-state index < -0.39 is 0 Å². The number of nitrogens with two attached hydrogens (primary N) is 1. The van der Waals surface area contributed by atoms with Crippen LogP contribution in [0.3, 0.4) is 0 Å². The molecule has 0 fully saturated rings. The number of nitrogens with one attached hydrogen (secondary N) is 2. The van der Waals surface area contributed by atoms with Gasteiger partial charge in [0.1, 0.15) is 0 Å². The van der Waals surface area contributed by atoms with E-state index in [-0.39, 0.29) is 22.9 Å². The number of ether oxygens (including phenoxy) is 1. The lowest BCUT2D eigenvalue weighted by Crippen LogP contribution is -2.38. The van der Waals surface area contributed by atoms with Crippen LogP contribution in [0.25, 0.3) is 0 Å². The Bertz CT molecular complexity index is 454. The summed E-state index contributed by atoms with van der Waals surface area (Å²) in [7, 11) is 1.60. The van der Waals surface area contributed by atoms with Crippen molar-refractivity contribution in [2.75, 3.05) is 33.4 Å². The number of halogens is 2. The number of hydrogen-bond acceptors (Lipinski definition) is 3. The van der Waals surface area contributed by atoms with Crippen molar-refractivity contribution in [2.45, 2.75) is 0 Å². The highest BCUT2D eigenvalue weighted by molar-refractivity contribution is 8.93. The summed E-state index contributed by atoms with van der Waals surface area (Å²) in [5.74, 6) is 0.182. The third-order valence-corrected chi connectivity index (χ3v) is 2.65. The zero-order valence-electron chi connectivity index (χ0n) is 11.8. The first-order valence-electron chi connectivity index (χ1n) is 6.20. The minimum Gasteiger partial charge on any atom is -0.383 e. The topological polar surface area (TPSA) is 88.7 Å². The minimum atomic E-state index is -0.154. The van der Waals surface area contributed by atoms with E-state index in [0.717, 1.165) is 0 Å². The van der Waals surface area contributed by atoms with Gasteiger partial charge in [-0.25, -0.2) is 0 Å². The molecule has 0 aliphatic heterocycles. The van der Waals surface area contributed by atoms with E-state index in [2.05, 4.69) is 15.6 Å². The quantitative estimate of drug-likeness (QED) is 0.377. The second kappa shape index (κ2) is 11.4. The second-order valence-electron chi connectivity index (χ2n) is 3.95. The van der Waals surface area contributed by atoms with Gasteiger partial charge in [0.25, 0.3) is 5.91 Å². The van der Waals surface area contributed by atoms with E-state index in [9.17, 15) is 4.79 Å². The van der Waals surface area contributed by atoms with Gasteiger partial charge in [-0.1, -0.05) is 11.6 Å². The summed E-state index contributed by atoms with van der Waals surface area (Å²) >= 11 is 5.75. The molecule has 8 heteroatoms. The van der Waals surface area contributed by atoms with Gasteiger partial charge >= 0.3 is 0 Å². The summed E-state index contributed by atoms with van der Waals surface area (Å²) in [4.78, 5) is 15.8. The average Bonchev–Trinajstić information content (AvgIpc) is 2.44. The van der Waals surface area contributed by atoms with E-state index in [1.165, 1.54) is 0 Å². The third kappa shape index (κ3) is 8.54. The van der Waals surface area contributed by atoms with E-state index in [0.29, 0.717) is 42.8 Å². The standard InChI is InChI=1S/C13H19ClN4O2.BrH/c1-20-9-8-18-13(15)17-7-6-16-12(19)10-2-4-11(14)5-3-10;/h2-5H,6-9H2,1H3,(H,16,19)(H3,15,17,18);1H. The maximum absolute atomic E-state index is 11.8. The Morgan fingerprint density at radius 1 is 1.29 bits per heavy atom. The Morgan fingerprint density at radius 3 is 2.52 bits per heavy atom. The van der Waals surface area contributed by atoms with Gasteiger partial charge in [-0.15, -0.1) is 17.0 Å². The Kier molecular flexibility index (Phi) is 10.7. The van der Waals surface area contributed by atoms with Crippen molar-refractivity contribution >= 4 is 40.4 Å². The number of carbonyl (C=O) groups excluding carboxylic acids is 1. The van der Waals surface area contributed by atoms with Crippen molar-refractivity contribution in [3.63, 3.8) is 0 Å². The summed E-state index contributed by atoms with van der Waals surface area (Å²) in [6.07, 6.45) is 0. The molecule has 0 unspecified atom stereocenters. The predicted molar refractivity (Wildman–Crippen MR) is 90.5 cm³/mol. The summed E-state index contributed by atoms with van der Waals surface area (Å²) in [5, 5.41) is 6.26. The molecule has 6 nitrogen and oxygen atoms in total. The van der Waals surface area contributed by atoms with E-state index in [4.69, 9.17) is 22.1 Å². The maximum atomic E-state index is 11.8. The summed E-state index contributed by atoms with van der Waals surface area (Å²) < 4.78 is 4.85. The van der Waals surface area contributed by atoms with Gasteiger partial charge in [-0.05, 0) is 24.3 Å². The van der Waals surface area contributed by atoms with Crippen molar-refractivity contribution in [1.29, 1.82) is 0 Å². The molecule has 0 saturated carbocycles. The molecule has 0 aromatic heterocycles. The summed E-state index contributed by atoms with van der Waals surface area (Å²) in [5.41, 5.74) is 6.18. The fourth-order valence-corrected chi connectivity index (χ4v) is 1.51. The fraction of sp³-hybridized carbons (Fsp3) is 0.385. The lowest BCUT2D eigenvalue weighted by molar-refractivity contribution is 0.0954. The fourth-order valence-electron chi connectivity index (χ4n) is 1.38. The molecule has 1 aromatic carbocycles. The number of amides is 1. The average molecular weight is 380 g/mol. The largest absolute Gasteiger partial charge is 0.383 e. The van der Waals surface area contributed by atoms with Crippen LogP contribution in [-0.2, 0) is 4.74 Å². The third-order valence-electron chi connectivity index (χ3n) is 2.40. The van der Waals surface area contributed by atoms with E-state index in [1.54, 1.807) is 31.4 Å². The molecule has 0 heterocycles. The monoisotopic (exact) mass is 378 g/mol. The minimum absolute atomic E-state index is 0. The number of methoxy groups -OCH3 is 1. The molecule has 1 aromatic rings. The molecule has 1 rings (SSSR count). The molecule has 0 radical (unpaired) electrons. The summed E-state index contributed by atoms with van der Waals surface area (Å²) in [6.45, 7) is 1.98. The van der Waals surface area contributed by atoms with Crippen LogP contribution in [0.4, 0.5) is 0 Å². The molecule has 0 bridgehead atoms. The molecule has 21 heavy (non-hydrogen) atoms. The second-order valence-corrected chi connectivity index (χ2v) is 4.39. The molecule has 1 amide bonds. The first-order valence-corrected chi connectivity index (χ1v) is 6.57. The molecule has 0 atom stereocenters. The SMILES string of the molecule is Br.COCCN=C(N)NCCNC(=O)c1ccc(Cl)cc1. The number of nitrogens with zero attached hydrogens (tertiary/aromatic N) is 1. The van der Waals surface area contributed by atoms with Crippen molar-refractivity contribution in [3.05, 3.63) is 34.9 Å². The Balaban J connectivity index is 0.00000400. The van der Waals surface area contributed by atoms with Crippen molar-refractivity contribution < 1.29 is 9.53 Å². The van der Waals surface area contributed by atoms with Crippen LogP contribution in [0.2, 0.25) is 5.02 Å². The predicted octanol–water partition coefficient (Wildman–Crippen LogP) is 1.20. The van der Waals surface area contributed by atoms with E-state index in [1.807, 2.05) is 0 Å². The smallest absolute Gasteiger partial charge is 0.251 e. The maximum Gasteiger partial charge on any atom is 0.251 e. The molecule has 0 spiro atoms. The zero-order valence-corrected chi connectivity index (χ0v) is 14.2. The van der Waals surface area contributed by atoms with Crippen LogP contribution >= 0.6 is 28.6 Å². The number of carbonyl (C=O) groups is 1. The van der Waals surface area contributed by atoms with Gasteiger partial charge in [0.15, 0.2) is 5.96 Å². The Morgan fingerprint density at radius 2 is 1.90 bits per heavy atom. The van der Waals surface area contributed by atoms with Gasteiger partial charge in [0, 0.05) is 30.8 Å². The van der Waals surface area contributed by atoms with Gasteiger partial charge in [-0.3, -0.25) is 9.79 Å². The normalized spacial score (nSPS) is 10.7. The highest BCUT2D eigenvalue weighted by Crippen LogP contribution is 2.08. The molecule has 0 aliphatic carbocycles. The highest BCUT2D eigenvalue weighted by atomic mass is 79.9. The number of aliphatic imine (C=N–C) groups is 1. The molecule has 0 saturated heterocycles. The van der Waals surface area contributed by atoms with Crippen LogP contribution in [-0.4, -0.2) is 45.2 Å². The van der Waals surface area contributed by atoms with Gasteiger partial charge in [0.2, 0.25) is 0 Å². The lowest BCUT2D eigenvalue weighted by atomic mass is 10.2. The van der Waals surface area contributed by atoms with Crippen LogP contribution in [0.1, 0.15) is 10.4 Å². The Labute approximate surface area is 139 Å². The van der Waals surface area contributed by atoms with Crippen molar-refractivity contribution in [2.24, 2.45) is 10.7 Å². The number of hydrogen-bond donors (Lipinski definition) is 3. The molecular formula is C13H20BrClN4O2. The highest BCUT2D eigenvalue weighted by Gasteiger charge is 2.03. The molecular weight excluding hydrogens is 360 g/mol. The first-order chi connectivity index (χ1) is 9.63. The summed E-state index contributed by atoms with van der Waals surface area (Å²) in [6, 6.07) is 6.70. The van der Waals surface area contributed by atoms with E-state index >= 15 is 0 Å². The van der Waals surface area contributed by atoms with Gasteiger partial charge in [0.05, 0.1) is 13.2 Å². The van der Waals surface area contributed by atoms with Crippen LogP contribution in [0.15, 0.2) is 29.3 Å².